The van der Waals surface area contributed by atoms with E-state index in [9.17, 15) is 4.79 Å². The van der Waals surface area contributed by atoms with Crippen molar-refractivity contribution in [3.05, 3.63) is 22.2 Å². The second kappa shape index (κ2) is 4.78. The van der Waals surface area contributed by atoms with Gasteiger partial charge in [-0.3, -0.25) is 4.79 Å². The predicted octanol–water partition coefficient (Wildman–Crippen LogP) is 2.38. The van der Waals surface area contributed by atoms with Gasteiger partial charge in [0, 0.05) is 17.5 Å². The Morgan fingerprint density at radius 3 is 3.00 bits per heavy atom. The number of carbonyl (C=O) groups excluding carboxylic acids is 1. The molecule has 3 nitrogen and oxygen atoms in total. The maximum absolute atomic E-state index is 11.5. The van der Waals surface area contributed by atoms with E-state index in [1.54, 1.807) is 23.5 Å². The highest BCUT2D eigenvalue weighted by atomic mass is 32.1. The molecule has 86 valence electrons. The van der Waals surface area contributed by atoms with Crippen molar-refractivity contribution >= 4 is 23.3 Å². The largest absolute Gasteiger partial charge is 0.350 e. The molecule has 0 aromatic carbocycles. The molecule has 0 aliphatic heterocycles. The molecule has 1 fully saturated rings. The lowest BCUT2D eigenvalue weighted by molar-refractivity contribution is -0.117. The molecule has 1 unspecified atom stereocenters. The Hall–Kier alpha value is -1.16. The van der Waals surface area contributed by atoms with E-state index in [0.29, 0.717) is 12.0 Å². The molecule has 1 N–H and O–H groups in total. The van der Waals surface area contributed by atoms with Crippen LogP contribution in [0.15, 0.2) is 11.5 Å². The molecule has 1 heterocycles. The zero-order valence-electron chi connectivity index (χ0n) is 9.56. The molecule has 4 heteroatoms. The fraction of sp³-hybridized carbons (Fsp3) is 0.500. The van der Waals surface area contributed by atoms with Gasteiger partial charge < -0.3 is 5.32 Å². The quantitative estimate of drug-likeness (QED) is 0.816. The fourth-order valence-corrected chi connectivity index (χ4v) is 2.19. The molecule has 16 heavy (non-hydrogen) atoms. The number of aromatic nitrogens is 1. The monoisotopic (exact) mass is 236 g/mol. The average molecular weight is 236 g/mol. The summed E-state index contributed by atoms with van der Waals surface area (Å²) in [5, 5.41) is 5.94. The van der Waals surface area contributed by atoms with E-state index in [1.165, 1.54) is 12.8 Å². The number of amides is 1. The highest BCUT2D eigenvalue weighted by Gasteiger charge is 2.28. The van der Waals surface area contributed by atoms with Crippen LogP contribution in [-0.2, 0) is 4.79 Å². The van der Waals surface area contributed by atoms with Crippen LogP contribution in [0.2, 0.25) is 0 Å². The Kier molecular flexibility index (Phi) is 3.39. The summed E-state index contributed by atoms with van der Waals surface area (Å²) in [6, 6.07) is 0.300. The first-order valence-corrected chi connectivity index (χ1v) is 6.44. The summed E-state index contributed by atoms with van der Waals surface area (Å²) in [7, 11) is 0. The normalized spacial score (nSPS) is 17.6. The Bertz CT molecular complexity index is 407. The zero-order chi connectivity index (χ0) is 11.5. The van der Waals surface area contributed by atoms with E-state index in [0.717, 1.165) is 10.7 Å². The minimum Gasteiger partial charge on any atom is -0.350 e. The number of hydrogen-bond acceptors (Lipinski definition) is 3. The van der Waals surface area contributed by atoms with Crippen molar-refractivity contribution < 1.29 is 4.79 Å². The molecule has 1 aliphatic carbocycles. The Balaban J connectivity index is 1.84. The number of hydrogen-bond donors (Lipinski definition) is 1. The number of rotatable bonds is 4. The van der Waals surface area contributed by atoms with Gasteiger partial charge in [0.05, 0.1) is 10.7 Å². The summed E-state index contributed by atoms with van der Waals surface area (Å²) in [6.07, 6.45) is 5.82. The summed E-state index contributed by atoms with van der Waals surface area (Å²) in [6.45, 7) is 4.02. The summed E-state index contributed by atoms with van der Waals surface area (Å²) in [5.74, 6) is 0.670. The minimum atomic E-state index is -0.0231. The maximum atomic E-state index is 11.5. The van der Waals surface area contributed by atoms with Crippen molar-refractivity contribution in [1.82, 2.24) is 10.3 Å². The predicted molar refractivity (Wildman–Crippen MR) is 66.2 cm³/mol. The lowest BCUT2D eigenvalue weighted by Crippen LogP contribution is -2.32. The molecule has 1 aromatic rings. The van der Waals surface area contributed by atoms with Gasteiger partial charge >= 0.3 is 0 Å². The third-order valence-corrected chi connectivity index (χ3v) is 3.53. The van der Waals surface area contributed by atoms with Crippen LogP contribution in [0, 0.1) is 12.8 Å². The average Bonchev–Trinajstić information content (AvgIpc) is 3.00. The fourth-order valence-electron chi connectivity index (χ4n) is 1.60. The first kappa shape index (κ1) is 11.3. The third kappa shape index (κ3) is 3.17. The molecular formula is C12H16N2OS. The van der Waals surface area contributed by atoms with Crippen LogP contribution in [0.25, 0.3) is 6.08 Å². The number of thiazole rings is 1. The molecule has 1 saturated carbocycles. The smallest absolute Gasteiger partial charge is 0.244 e. The molecule has 1 aliphatic rings. The van der Waals surface area contributed by atoms with E-state index >= 15 is 0 Å². The van der Waals surface area contributed by atoms with Gasteiger partial charge in [-0.25, -0.2) is 4.98 Å². The Morgan fingerprint density at radius 1 is 1.69 bits per heavy atom. The molecule has 1 amide bonds. The van der Waals surface area contributed by atoms with E-state index < -0.39 is 0 Å². The summed E-state index contributed by atoms with van der Waals surface area (Å²) in [5.41, 5.74) is 0.858. The lowest BCUT2D eigenvalue weighted by Gasteiger charge is -2.09. The minimum absolute atomic E-state index is 0.0231. The highest BCUT2D eigenvalue weighted by Crippen LogP contribution is 2.32. The van der Waals surface area contributed by atoms with Crippen molar-refractivity contribution in [2.24, 2.45) is 5.92 Å². The van der Waals surface area contributed by atoms with Crippen molar-refractivity contribution in [3.8, 4) is 0 Å². The molecular weight excluding hydrogens is 220 g/mol. The lowest BCUT2D eigenvalue weighted by atomic mass is 10.2. The van der Waals surface area contributed by atoms with Crippen LogP contribution in [0.4, 0.5) is 0 Å². The second-order valence-corrected chi connectivity index (χ2v) is 5.32. The van der Waals surface area contributed by atoms with Gasteiger partial charge in [-0.15, -0.1) is 11.3 Å². The standard InChI is InChI=1S/C12H16N2OS/c1-8(10-3-4-10)13-12(15)6-5-11-7-16-9(2)14-11/h5-8,10H,3-4H2,1-2H3,(H,13,15)/b6-5+. The van der Waals surface area contributed by atoms with Crippen molar-refractivity contribution in [2.45, 2.75) is 32.7 Å². The van der Waals surface area contributed by atoms with E-state index in [4.69, 9.17) is 0 Å². The molecule has 2 rings (SSSR count). The molecule has 0 bridgehead atoms. The van der Waals surface area contributed by atoms with E-state index in [2.05, 4.69) is 17.2 Å². The number of nitrogens with one attached hydrogen (secondary N) is 1. The van der Waals surface area contributed by atoms with Crippen molar-refractivity contribution in [2.75, 3.05) is 0 Å². The van der Waals surface area contributed by atoms with Gasteiger partial charge in [-0.05, 0) is 38.7 Å². The SMILES string of the molecule is Cc1nc(/C=C/C(=O)NC(C)C2CC2)cs1. The van der Waals surface area contributed by atoms with Gasteiger partial charge in [0.25, 0.3) is 0 Å². The molecule has 0 radical (unpaired) electrons. The molecule has 1 atom stereocenters. The van der Waals surface area contributed by atoms with Crippen LogP contribution >= 0.6 is 11.3 Å². The first-order chi connectivity index (χ1) is 7.65. The molecule has 1 aromatic heterocycles. The van der Waals surface area contributed by atoms with Crippen LogP contribution < -0.4 is 5.32 Å². The van der Waals surface area contributed by atoms with Crippen LogP contribution in [-0.4, -0.2) is 16.9 Å². The van der Waals surface area contributed by atoms with Gasteiger partial charge in [0.1, 0.15) is 0 Å². The number of nitrogens with zero attached hydrogens (tertiary/aromatic N) is 1. The second-order valence-electron chi connectivity index (χ2n) is 4.26. The Labute approximate surface area is 99.6 Å². The zero-order valence-corrected chi connectivity index (χ0v) is 10.4. The van der Waals surface area contributed by atoms with Gasteiger partial charge in [-0.1, -0.05) is 0 Å². The number of carbonyl (C=O) groups is 1. The first-order valence-electron chi connectivity index (χ1n) is 5.56. The molecule has 0 saturated heterocycles. The van der Waals surface area contributed by atoms with Crippen LogP contribution in [0.3, 0.4) is 0 Å². The van der Waals surface area contributed by atoms with E-state index in [-0.39, 0.29) is 5.91 Å². The van der Waals surface area contributed by atoms with Crippen LogP contribution in [0.5, 0.6) is 0 Å². The van der Waals surface area contributed by atoms with Gasteiger partial charge in [-0.2, -0.15) is 0 Å². The maximum Gasteiger partial charge on any atom is 0.244 e. The van der Waals surface area contributed by atoms with Crippen LogP contribution in [0.1, 0.15) is 30.5 Å². The van der Waals surface area contributed by atoms with Crippen molar-refractivity contribution in [3.63, 3.8) is 0 Å². The topological polar surface area (TPSA) is 42.0 Å². The number of aryl methyl sites for hydroxylation is 1. The Morgan fingerprint density at radius 2 is 2.44 bits per heavy atom. The van der Waals surface area contributed by atoms with Gasteiger partial charge in [0.15, 0.2) is 0 Å². The third-order valence-electron chi connectivity index (χ3n) is 2.74. The van der Waals surface area contributed by atoms with Gasteiger partial charge in [0.2, 0.25) is 5.91 Å². The highest BCUT2D eigenvalue weighted by molar-refractivity contribution is 7.09. The summed E-state index contributed by atoms with van der Waals surface area (Å²) < 4.78 is 0. The van der Waals surface area contributed by atoms with Crippen molar-refractivity contribution in [1.29, 1.82) is 0 Å². The summed E-state index contributed by atoms with van der Waals surface area (Å²) >= 11 is 1.59. The summed E-state index contributed by atoms with van der Waals surface area (Å²) in [4.78, 5) is 15.8. The van der Waals surface area contributed by atoms with E-state index in [1.807, 2.05) is 12.3 Å². The molecule has 0 spiro atoms.